The van der Waals surface area contributed by atoms with Crippen molar-refractivity contribution < 1.29 is 14.2 Å². The van der Waals surface area contributed by atoms with Gasteiger partial charge in [-0.05, 0) is 74.8 Å². The van der Waals surface area contributed by atoms with E-state index in [9.17, 15) is 0 Å². The van der Waals surface area contributed by atoms with E-state index in [0.29, 0.717) is 26.4 Å². The number of rotatable bonds is 16. The van der Waals surface area contributed by atoms with Crippen LogP contribution in [0, 0.1) is 0 Å². The maximum Gasteiger partial charge on any atom is 0.161 e. The largest absolute Gasteiger partial charge is 0.494 e. The maximum atomic E-state index is 5.94. The van der Waals surface area contributed by atoms with Gasteiger partial charge in [0.1, 0.15) is 19.0 Å². The van der Waals surface area contributed by atoms with Gasteiger partial charge in [0.05, 0.1) is 12.3 Å². The predicted octanol–water partition coefficient (Wildman–Crippen LogP) is 6.83. The molecule has 0 atom stereocenters. The fourth-order valence-electron chi connectivity index (χ4n) is 5.66. The van der Waals surface area contributed by atoms with E-state index in [4.69, 9.17) is 24.4 Å². The Morgan fingerprint density at radius 2 is 1.58 bits per heavy atom. The van der Waals surface area contributed by atoms with Gasteiger partial charge in [-0.15, -0.1) is 10.2 Å². The summed E-state index contributed by atoms with van der Waals surface area (Å²) in [7, 11) is 4.18. The van der Waals surface area contributed by atoms with E-state index < -0.39 is 0 Å². The molecule has 5 rings (SSSR count). The fraction of sp³-hybridized carbons (Fsp3) is 0.405. The van der Waals surface area contributed by atoms with E-state index in [1.165, 1.54) is 22.3 Å². The number of hydrogen-bond acceptors (Lipinski definition) is 8. The molecule has 3 aromatic carbocycles. The van der Waals surface area contributed by atoms with Gasteiger partial charge in [-0.1, -0.05) is 61.9 Å². The summed E-state index contributed by atoms with van der Waals surface area (Å²) in [6.45, 7) is 9.89. The van der Waals surface area contributed by atoms with Crippen molar-refractivity contribution in [1.82, 2.24) is 20.0 Å². The lowest BCUT2D eigenvalue weighted by Crippen LogP contribution is -2.26. The molecule has 1 aliphatic heterocycles. The third-order valence-corrected chi connectivity index (χ3v) is 7.88. The van der Waals surface area contributed by atoms with E-state index in [0.717, 1.165) is 79.8 Å². The lowest BCUT2D eigenvalue weighted by molar-refractivity contribution is 0.171. The predicted molar refractivity (Wildman–Crippen MR) is 181 cm³/mol. The van der Waals surface area contributed by atoms with Crippen LogP contribution in [0.15, 0.2) is 72.8 Å². The Labute approximate surface area is 268 Å². The SMILES string of the molecule is CCCCc1c(-c2ccccc2)nnc(NCCN(C)C)c1CN(Cc1cccc(OCC)c1)Cc1ccc2c(c1)OCCO2. The van der Waals surface area contributed by atoms with Crippen molar-refractivity contribution in [3.63, 3.8) is 0 Å². The number of nitrogens with zero attached hydrogens (tertiary/aromatic N) is 4. The number of fused-ring (bicyclic) bond motifs is 1. The highest BCUT2D eigenvalue weighted by molar-refractivity contribution is 5.67. The molecular weight excluding hydrogens is 562 g/mol. The number of hydrogen-bond donors (Lipinski definition) is 1. The lowest BCUT2D eigenvalue weighted by Gasteiger charge is -2.27. The van der Waals surface area contributed by atoms with Crippen molar-refractivity contribution in [2.24, 2.45) is 0 Å². The van der Waals surface area contributed by atoms with E-state index in [2.05, 4.69) is 90.7 Å². The lowest BCUT2D eigenvalue weighted by atomic mass is 9.96. The average Bonchev–Trinajstić information content (AvgIpc) is 3.05. The van der Waals surface area contributed by atoms with Gasteiger partial charge in [-0.2, -0.15) is 0 Å². The van der Waals surface area contributed by atoms with Gasteiger partial charge in [0.15, 0.2) is 17.3 Å². The third kappa shape index (κ3) is 8.96. The van der Waals surface area contributed by atoms with Crippen molar-refractivity contribution in [2.45, 2.75) is 52.7 Å². The number of benzene rings is 3. The second kappa shape index (κ2) is 16.3. The zero-order valence-corrected chi connectivity index (χ0v) is 27.2. The number of nitrogens with one attached hydrogen (secondary N) is 1. The first-order chi connectivity index (χ1) is 22.0. The molecule has 0 radical (unpaired) electrons. The van der Waals surface area contributed by atoms with Gasteiger partial charge in [-0.3, -0.25) is 4.90 Å². The zero-order valence-electron chi connectivity index (χ0n) is 27.2. The minimum absolute atomic E-state index is 0.568. The standard InChI is InChI=1S/C37H47N5O3/c1-5-7-16-32-33(37(38-19-20-41(3)4)40-39-36(32)30-13-9-8-10-14-30)27-42(25-28-12-11-15-31(23-28)43-6-2)26-29-17-18-34-35(24-29)45-22-21-44-34/h8-15,17-18,23-24H,5-7,16,19-22,25-27H2,1-4H3,(H,38,40). The van der Waals surface area contributed by atoms with Crippen LogP contribution < -0.4 is 19.5 Å². The first-order valence-corrected chi connectivity index (χ1v) is 16.2. The van der Waals surface area contributed by atoms with Crippen LogP contribution in [-0.4, -0.2) is 67.0 Å². The van der Waals surface area contributed by atoms with Crippen molar-refractivity contribution in [1.29, 1.82) is 0 Å². The molecule has 238 valence electrons. The molecule has 8 heteroatoms. The molecule has 0 aliphatic carbocycles. The Kier molecular flexibility index (Phi) is 11.6. The summed E-state index contributed by atoms with van der Waals surface area (Å²) in [6, 6.07) is 25.2. The summed E-state index contributed by atoms with van der Waals surface area (Å²) in [5.74, 6) is 3.36. The molecule has 0 amide bonds. The first-order valence-electron chi connectivity index (χ1n) is 16.2. The average molecular weight is 610 g/mol. The zero-order chi connectivity index (χ0) is 31.4. The summed E-state index contributed by atoms with van der Waals surface area (Å²) in [5.41, 5.74) is 6.90. The summed E-state index contributed by atoms with van der Waals surface area (Å²) in [6.07, 6.45) is 3.12. The van der Waals surface area contributed by atoms with Crippen LogP contribution in [0.5, 0.6) is 17.2 Å². The van der Waals surface area contributed by atoms with Crippen molar-refractivity contribution in [3.8, 4) is 28.5 Å². The van der Waals surface area contributed by atoms with Crippen molar-refractivity contribution in [3.05, 3.63) is 95.1 Å². The van der Waals surface area contributed by atoms with Crippen LogP contribution in [0.4, 0.5) is 5.82 Å². The molecule has 0 bridgehead atoms. The maximum absolute atomic E-state index is 5.94. The van der Waals surface area contributed by atoms with Gasteiger partial charge in [0, 0.05) is 43.9 Å². The minimum Gasteiger partial charge on any atom is -0.494 e. The highest BCUT2D eigenvalue weighted by Crippen LogP contribution is 2.33. The normalized spacial score (nSPS) is 12.5. The molecule has 1 aliphatic rings. The molecule has 1 aromatic heterocycles. The van der Waals surface area contributed by atoms with Crippen LogP contribution in [0.3, 0.4) is 0 Å². The van der Waals surface area contributed by atoms with Gasteiger partial charge in [0.25, 0.3) is 0 Å². The summed E-state index contributed by atoms with van der Waals surface area (Å²) < 4.78 is 17.6. The van der Waals surface area contributed by atoms with E-state index in [-0.39, 0.29) is 0 Å². The molecule has 0 spiro atoms. The quantitative estimate of drug-likeness (QED) is 0.148. The second-order valence-electron chi connectivity index (χ2n) is 11.8. The molecule has 0 fully saturated rings. The van der Waals surface area contributed by atoms with Crippen LogP contribution >= 0.6 is 0 Å². The minimum atomic E-state index is 0.568. The van der Waals surface area contributed by atoms with Gasteiger partial charge in [0.2, 0.25) is 0 Å². The Morgan fingerprint density at radius 3 is 2.33 bits per heavy atom. The molecule has 2 heterocycles. The highest BCUT2D eigenvalue weighted by atomic mass is 16.6. The number of likely N-dealkylation sites (N-methyl/N-ethyl adjacent to an activating group) is 1. The number of unbranched alkanes of at least 4 members (excludes halogenated alkanes) is 1. The number of ether oxygens (including phenoxy) is 3. The Hall–Kier alpha value is -4.14. The smallest absolute Gasteiger partial charge is 0.161 e. The molecule has 0 saturated carbocycles. The first kappa shape index (κ1) is 32.3. The second-order valence-corrected chi connectivity index (χ2v) is 11.8. The van der Waals surface area contributed by atoms with Crippen molar-refractivity contribution >= 4 is 5.82 Å². The van der Waals surface area contributed by atoms with Gasteiger partial charge >= 0.3 is 0 Å². The fourth-order valence-corrected chi connectivity index (χ4v) is 5.66. The summed E-state index contributed by atoms with van der Waals surface area (Å²) in [5, 5.41) is 13.3. The molecular formula is C37H47N5O3. The molecule has 45 heavy (non-hydrogen) atoms. The van der Waals surface area contributed by atoms with Gasteiger partial charge in [-0.25, -0.2) is 0 Å². The van der Waals surface area contributed by atoms with Crippen LogP contribution in [-0.2, 0) is 26.1 Å². The third-order valence-electron chi connectivity index (χ3n) is 7.88. The van der Waals surface area contributed by atoms with Crippen LogP contribution in [0.2, 0.25) is 0 Å². The summed E-state index contributed by atoms with van der Waals surface area (Å²) in [4.78, 5) is 4.66. The molecule has 4 aromatic rings. The highest BCUT2D eigenvalue weighted by Gasteiger charge is 2.22. The van der Waals surface area contributed by atoms with Crippen LogP contribution in [0.25, 0.3) is 11.3 Å². The molecule has 1 N–H and O–H groups in total. The van der Waals surface area contributed by atoms with E-state index in [1.54, 1.807) is 0 Å². The van der Waals surface area contributed by atoms with Gasteiger partial charge < -0.3 is 24.4 Å². The Balaban J connectivity index is 1.56. The van der Waals surface area contributed by atoms with Crippen LogP contribution in [0.1, 0.15) is 48.9 Å². The molecule has 0 unspecified atom stereocenters. The van der Waals surface area contributed by atoms with E-state index in [1.807, 2.05) is 25.1 Å². The Bertz CT molecular complexity index is 1510. The molecule has 8 nitrogen and oxygen atoms in total. The monoisotopic (exact) mass is 609 g/mol. The topological polar surface area (TPSA) is 72.0 Å². The number of anilines is 1. The van der Waals surface area contributed by atoms with E-state index >= 15 is 0 Å². The number of aromatic nitrogens is 2. The van der Waals surface area contributed by atoms with Crippen molar-refractivity contribution in [2.75, 3.05) is 52.3 Å². The Morgan fingerprint density at radius 1 is 0.800 bits per heavy atom. The summed E-state index contributed by atoms with van der Waals surface area (Å²) >= 11 is 0. The molecule has 0 saturated heterocycles.